The van der Waals surface area contributed by atoms with Gasteiger partial charge in [-0.25, -0.2) is 14.0 Å². The number of benzene rings is 2. The van der Waals surface area contributed by atoms with Gasteiger partial charge in [0.25, 0.3) is 0 Å². The number of alkyl carbamates (subject to hydrolysis) is 2. The van der Waals surface area contributed by atoms with Gasteiger partial charge in [-0.3, -0.25) is 19.2 Å². The van der Waals surface area contributed by atoms with Crippen LogP contribution >= 0.6 is 0 Å². The van der Waals surface area contributed by atoms with E-state index in [2.05, 4.69) is 26.6 Å². The van der Waals surface area contributed by atoms with Crippen LogP contribution in [0.4, 0.5) is 14.0 Å². The Bertz CT molecular complexity index is 2080. The molecule has 6 amide bonds. The van der Waals surface area contributed by atoms with Crippen LogP contribution in [0.2, 0.25) is 0 Å². The van der Waals surface area contributed by atoms with E-state index in [9.17, 15) is 34.0 Å². The molecule has 70 heavy (non-hydrogen) atoms. The summed E-state index contributed by atoms with van der Waals surface area (Å²) in [5.41, 5.74) is -0.820. The maximum Gasteiger partial charge on any atom is 0.408 e. The molecule has 5 atom stereocenters. The van der Waals surface area contributed by atoms with Crippen LogP contribution in [0.5, 0.6) is 0 Å². The lowest BCUT2D eigenvalue weighted by Crippen LogP contribution is -2.64. The van der Waals surface area contributed by atoms with Gasteiger partial charge in [-0.1, -0.05) is 88.4 Å². The Morgan fingerprint density at radius 3 is 2.00 bits per heavy atom. The number of carbonyl (C=O) groups is 6. The van der Waals surface area contributed by atoms with E-state index in [-0.39, 0.29) is 57.3 Å². The zero-order valence-corrected chi connectivity index (χ0v) is 43.2. The van der Waals surface area contributed by atoms with Crippen molar-refractivity contribution in [1.82, 2.24) is 36.5 Å². The van der Waals surface area contributed by atoms with E-state index >= 15 is 4.39 Å². The normalized spacial score (nSPS) is 19.1. The van der Waals surface area contributed by atoms with Crippen LogP contribution in [-0.4, -0.2) is 106 Å². The SMILES string of the molecule is CC(C)C[C@H](/C=C(\F)[C@@H](Cc1ccccc1)C(=O)N1CCC[C@H]1C(=O)N[C@H](C(=O)N[C@H](CCCNC(=O)OCc1ccccc1)C(=O)NC1CC(C)(C)N([O])C(C)(C)C1)C(C)C)NC(=O)OC(C)(C)C. The van der Waals surface area contributed by atoms with Crippen LogP contribution in [0.15, 0.2) is 72.6 Å². The van der Waals surface area contributed by atoms with Crippen LogP contribution in [0, 0.1) is 17.8 Å². The smallest absolute Gasteiger partial charge is 0.408 e. The maximum atomic E-state index is 16.8. The minimum absolute atomic E-state index is 0.0104. The van der Waals surface area contributed by atoms with E-state index < -0.39 is 94.3 Å². The Morgan fingerprint density at radius 1 is 0.829 bits per heavy atom. The lowest BCUT2D eigenvalue weighted by Gasteiger charge is -2.50. The van der Waals surface area contributed by atoms with E-state index in [1.165, 1.54) is 11.0 Å². The molecular formula is C53H79FN7O9. The maximum absolute atomic E-state index is 16.8. The van der Waals surface area contributed by atoms with Gasteiger partial charge in [0.2, 0.25) is 23.6 Å². The standard InChI is InChI=1S/C53H79FN7O9/c1-34(2)28-38(57-50(67)70-51(5,6)7)30-41(54)40(29-36-20-14-12-15-21-36)48(65)60-27-19-25-43(60)46(63)59-44(35(3)4)47(64)58-42(24-18-26-55-49(66)69-33-37-22-16-13-17-23-37)45(62)56-39-31-52(8,9)61(68)53(10,11)32-39/h12-17,20-23,30,34-35,38-40,42-44H,18-19,24-29,31-33H2,1-11H3,(H,55,66)(H,56,62)(H,57,67)(H,58,64)(H,59,63)/b41-30-/t38-,40-,42-,43+,44+/m1/s1. The van der Waals surface area contributed by atoms with Gasteiger partial charge in [0.1, 0.15) is 36.2 Å². The molecule has 4 rings (SSSR count). The van der Waals surface area contributed by atoms with E-state index in [1.807, 2.05) is 77.9 Å². The van der Waals surface area contributed by atoms with Crippen molar-refractivity contribution in [3.63, 3.8) is 0 Å². The fourth-order valence-corrected chi connectivity index (χ4v) is 9.35. The van der Waals surface area contributed by atoms with Crippen LogP contribution in [-0.2, 0) is 46.9 Å². The van der Waals surface area contributed by atoms with Gasteiger partial charge in [-0.05, 0) is 129 Å². The van der Waals surface area contributed by atoms with Gasteiger partial charge in [0.05, 0.1) is 12.0 Å². The molecule has 17 heteroatoms. The summed E-state index contributed by atoms with van der Waals surface area (Å²) in [5, 5.41) is 28.4. The first kappa shape index (κ1) is 57.0. The van der Waals surface area contributed by atoms with Crippen molar-refractivity contribution in [2.24, 2.45) is 17.8 Å². The van der Waals surface area contributed by atoms with Gasteiger partial charge >= 0.3 is 12.2 Å². The monoisotopic (exact) mass is 977 g/mol. The molecule has 16 nitrogen and oxygen atoms in total. The van der Waals surface area contributed by atoms with E-state index in [4.69, 9.17) is 9.47 Å². The fourth-order valence-electron chi connectivity index (χ4n) is 9.35. The zero-order chi connectivity index (χ0) is 52.0. The fraction of sp³-hybridized carbons (Fsp3) is 0.623. The molecule has 2 aromatic carbocycles. The molecule has 2 aliphatic heterocycles. The largest absolute Gasteiger partial charge is 0.445 e. The molecular weight excluding hydrogens is 898 g/mol. The van der Waals surface area contributed by atoms with E-state index in [0.717, 1.165) is 10.6 Å². The number of likely N-dealkylation sites (tertiary alicyclic amines) is 1. The Hall–Kier alpha value is -5.55. The number of amides is 6. The number of hydroxylamine groups is 2. The van der Waals surface area contributed by atoms with Gasteiger partial charge in [-0.15, -0.1) is 10.3 Å². The first-order valence-electron chi connectivity index (χ1n) is 24.8. The highest BCUT2D eigenvalue weighted by Crippen LogP contribution is 2.37. The number of rotatable bonds is 21. The van der Waals surface area contributed by atoms with Crippen molar-refractivity contribution in [2.75, 3.05) is 13.1 Å². The molecule has 0 aromatic heterocycles. The summed E-state index contributed by atoms with van der Waals surface area (Å²) < 4.78 is 27.5. The topological polar surface area (TPSA) is 207 Å². The third-order valence-electron chi connectivity index (χ3n) is 12.5. The highest BCUT2D eigenvalue weighted by molar-refractivity contribution is 5.95. The van der Waals surface area contributed by atoms with Crippen LogP contribution in [0.25, 0.3) is 0 Å². The van der Waals surface area contributed by atoms with Crippen molar-refractivity contribution in [3.8, 4) is 0 Å². The summed E-state index contributed by atoms with van der Waals surface area (Å²) in [4.78, 5) is 84.0. The summed E-state index contributed by atoms with van der Waals surface area (Å²) >= 11 is 0. The second kappa shape index (κ2) is 25.5. The minimum atomic E-state index is -1.33. The van der Waals surface area contributed by atoms with Gasteiger partial charge < -0.3 is 41.0 Å². The molecule has 2 aliphatic rings. The molecule has 387 valence electrons. The van der Waals surface area contributed by atoms with E-state index in [1.54, 1.807) is 58.9 Å². The Kier molecular flexibility index (Phi) is 20.8. The summed E-state index contributed by atoms with van der Waals surface area (Å²) in [7, 11) is 0. The van der Waals surface area contributed by atoms with E-state index in [0.29, 0.717) is 31.2 Å². The Morgan fingerprint density at radius 2 is 1.43 bits per heavy atom. The number of ether oxygens (including phenoxy) is 2. The lowest BCUT2D eigenvalue weighted by molar-refractivity contribution is -0.290. The number of nitrogens with zero attached hydrogens (tertiary/aromatic N) is 2. The average Bonchev–Trinajstić information content (AvgIpc) is 3.76. The quantitative estimate of drug-likeness (QED) is 0.0787. The molecule has 1 radical (unpaired) electrons. The average molecular weight is 977 g/mol. The molecule has 0 aliphatic carbocycles. The van der Waals surface area contributed by atoms with Crippen molar-refractivity contribution in [2.45, 2.75) is 181 Å². The summed E-state index contributed by atoms with van der Waals surface area (Å²) in [6.45, 7) is 20.2. The van der Waals surface area contributed by atoms with Crippen molar-refractivity contribution in [1.29, 1.82) is 0 Å². The molecule has 0 saturated carbocycles. The number of halogens is 1. The number of hydrogen-bond acceptors (Lipinski definition) is 9. The third-order valence-corrected chi connectivity index (χ3v) is 12.5. The molecule has 0 bridgehead atoms. The summed E-state index contributed by atoms with van der Waals surface area (Å²) in [6.07, 6.45) is 2.11. The second-order valence-corrected chi connectivity index (χ2v) is 21.8. The van der Waals surface area contributed by atoms with Crippen molar-refractivity contribution < 1.29 is 47.8 Å². The second-order valence-electron chi connectivity index (χ2n) is 21.8. The summed E-state index contributed by atoms with van der Waals surface area (Å²) in [5.74, 6) is -4.81. The number of hydrogen-bond donors (Lipinski definition) is 5. The predicted molar refractivity (Wildman–Crippen MR) is 265 cm³/mol. The molecule has 5 N–H and O–H groups in total. The highest BCUT2D eigenvalue weighted by atomic mass is 19.1. The zero-order valence-electron chi connectivity index (χ0n) is 43.2. The van der Waals surface area contributed by atoms with Gasteiger partial charge in [-0.2, -0.15) is 0 Å². The molecule has 2 heterocycles. The van der Waals surface area contributed by atoms with Crippen LogP contribution in [0.1, 0.15) is 132 Å². The molecule has 0 unspecified atom stereocenters. The minimum Gasteiger partial charge on any atom is -0.445 e. The predicted octanol–water partition coefficient (Wildman–Crippen LogP) is 7.44. The Balaban J connectivity index is 1.52. The summed E-state index contributed by atoms with van der Waals surface area (Å²) in [6, 6.07) is 13.8. The van der Waals surface area contributed by atoms with Crippen LogP contribution < -0.4 is 26.6 Å². The van der Waals surface area contributed by atoms with Gasteiger partial charge in [0.15, 0.2) is 0 Å². The number of nitrogens with one attached hydrogen (secondary N) is 5. The van der Waals surface area contributed by atoms with Gasteiger partial charge in [0, 0.05) is 30.2 Å². The lowest BCUT2D eigenvalue weighted by atomic mass is 9.79. The highest BCUT2D eigenvalue weighted by Gasteiger charge is 2.47. The third kappa shape index (κ3) is 17.7. The van der Waals surface area contributed by atoms with Crippen molar-refractivity contribution >= 4 is 35.8 Å². The molecule has 0 spiro atoms. The first-order chi connectivity index (χ1) is 32.8. The van der Waals surface area contributed by atoms with Crippen molar-refractivity contribution in [3.05, 3.63) is 83.7 Å². The Labute approximate surface area is 414 Å². The number of piperidine rings is 1. The van der Waals surface area contributed by atoms with Crippen LogP contribution in [0.3, 0.4) is 0 Å². The molecule has 2 aromatic rings. The number of carbonyl (C=O) groups excluding carboxylic acids is 6. The molecule has 2 saturated heterocycles. The molecule has 2 fully saturated rings. The first-order valence-corrected chi connectivity index (χ1v) is 24.8.